The maximum Gasteiger partial charge on any atom is 0.327 e. The van der Waals surface area contributed by atoms with Gasteiger partial charge < -0.3 is 16.6 Å². The van der Waals surface area contributed by atoms with Crippen LogP contribution in [0.15, 0.2) is 0 Å². The Kier molecular flexibility index (Phi) is 13.1. The third-order valence-corrected chi connectivity index (χ3v) is 1.22. The molecule has 12 heavy (non-hydrogen) atoms. The summed E-state index contributed by atoms with van der Waals surface area (Å²) in [6.45, 7) is 1.26. The van der Waals surface area contributed by atoms with E-state index in [2.05, 4.69) is 17.9 Å². The fraction of sp³-hybridized carbons (Fsp3) is 0.600. The summed E-state index contributed by atoms with van der Waals surface area (Å²) in [4.78, 5) is 20.5. The van der Waals surface area contributed by atoms with Gasteiger partial charge in [0.05, 0.1) is 0 Å². The summed E-state index contributed by atoms with van der Waals surface area (Å²) in [5.41, 5.74) is 0. The number of aliphatic carboxylic acids is 1. The molecule has 0 aromatic carbocycles. The number of thiol groups is 1. The molecule has 0 aromatic rings. The monoisotopic (exact) mass is 235 g/mol. The minimum atomic E-state index is -1.06. The fourth-order valence-electron chi connectivity index (χ4n) is 0.431. The van der Waals surface area contributed by atoms with E-state index in [9.17, 15) is 9.59 Å². The van der Waals surface area contributed by atoms with E-state index < -0.39 is 12.0 Å². The number of hydrogen-bond acceptors (Lipinski definition) is 4. The second kappa shape index (κ2) is 8.86. The maximum atomic E-state index is 10.3. The van der Waals surface area contributed by atoms with E-state index in [4.69, 9.17) is 5.11 Å². The molecule has 0 aromatic heterocycles. The summed E-state index contributed by atoms with van der Waals surface area (Å²) in [6, 6.07) is -0.874. The topological polar surface area (TPSA) is 101 Å². The van der Waals surface area contributed by atoms with Gasteiger partial charge in [-0.2, -0.15) is 12.6 Å². The summed E-state index contributed by atoms with van der Waals surface area (Å²) in [5, 5.41) is 10.6. The fourth-order valence-corrected chi connectivity index (χ4v) is 0.678. The quantitative estimate of drug-likeness (QED) is 0.397. The SMILES string of the molecule is CC(=O)N[C@@H](CS)C(=O)O.N.[Mn]. The number of nitrogens with one attached hydrogen (secondary N) is 1. The summed E-state index contributed by atoms with van der Waals surface area (Å²) in [6.07, 6.45) is 0. The molecule has 0 unspecified atom stereocenters. The van der Waals surface area contributed by atoms with Crippen LogP contribution >= 0.6 is 12.6 Å². The minimum Gasteiger partial charge on any atom is -0.480 e. The van der Waals surface area contributed by atoms with E-state index >= 15 is 0 Å². The zero-order chi connectivity index (χ0) is 8.15. The number of carboxylic acids is 1. The van der Waals surface area contributed by atoms with Gasteiger partial charge >= 0.3 is 5.97 Å². The van der Waals surface area contributed by atoms with E-state index in [0.29, 0.717) is 0 Å². The third-order valence-electron chi connectivity index (χ3n) is 0.858. The van der Waals surface area contributed by atoms with Crippen molar-refractivity contribution in [2.24, 2.45) is 0 Å². The Bertz CT molecular complexity index is 156. The van der Waals surface area contributed by atoms with Crippen molar-refractivity contribution < 1.29 is 31.8 Å². The van der Waals surface area contributed by atoms with Crippen LogP contribution in [0.25, 0.3) is 0 Å². The van der Waals surface area contributed by atoms with Gasteiger partial charge in [0.15, 0.2) is 0 Å². The molecule has 5 N–H and O–H groups in total. The molecule has 1 radical (unpaired) electrons. The third kappa shape index (κ3) is 7.87. The van der Waals surface area contributed by atoms with Gasteiger partial charge in [-0.25, -0.2) is 4.79 Å². The molecular weight excluding hydrogens is 223 g/mol. The molecule has 1 amide bonds. The van der Waals surface area contributed by atoms with Crippen LogP contribution in [-0.2, 0) is 26.7 Å². The standard InChI is InChI=1S/C5H9NO3S.Mn.H3N/c1-3(7)6-4(2-10)5(8)9;;/h4,10H,2H2,1H3,(H,6,7)(H,8,9);;1H3/t4-;;/m0../s1. The van der Waals surface area contributed by atoms with Crippen molar-refractivity contribution in [3.8, 4) is 0 Å². The first-order valence-electron chi connectivity index (χ1n) is 2.68. The number of hydrogen-bond donors (Lipinski definition) is 4. The van der Waals surface area contributed by atoms with E-state index in [1.54, 1.807) is 0 Å². The Morgan fingerprint density at radius 3 is 2.08 bits per heavy atom. The van der Waals surface area contributed by atoms with Gasteiger partial charge in [-0.15, -0.1) is 0 Å². The zero-order valence-corrected chi connectivity index (χ0v) is 8.66. The van der Waals surface area contributed by atoms with Crippen LogP contribution in [0.1, 0.15) is 6.92 Å². The van der Waals surface area contributed by atoms with Gasteiger partial charge in [0.25, 0.3) is 0 Å². The van der Waals surface area contributed by atoms with Crippen LogP contribution < -0.4 is 11.5 Å². The first kappa shape index (κ1) is 17.8. The van der Waals surface area contributed by atoms with Gasteiger partial charge in [-0.3, -0.25) is 4.79 Å². The molecule has 0 spiro atoms. The van der Waals surface area contributed by atoms with E-state index in [-0.39, 0.29) is 34.9 Å². The van der Waals surface area contributed by atoms with Crippen molar-refractivity contribution in [1.29, 1.82) is 0 Å². The van der Waals surface area contributed by atoms with Crippen molar-refractivity contribution in [3.05, 3.63) is 0 Å². The molecule has 7 heteroatoms. The second-order valence-corrected chi connectivity index (χ2v) is 2.14. The molecule has 0 aliphatic rings. The zero-order valence-electron chi connectivity index (χ0n) is 6.58. The van der Waals surface area contributed by atoms with Crippen molar-refractivity contribution in [2.75, 3.05) is 5.75 Å². The van der Waals surface area contributed by atoms with E-state index in [1.807, 2.05) is 0 Å². The van der Waals surface area contributed by atoms with Gasteiger partial charge in [-0.1, -0.05) is 0 Å². The summed E-state index contributed by atoms with van der Waals surface area (Å²) in [7, 11) is 0. The van der Waals surface area contributed by atoms with Gasteiger partial charge in [0, 0.05) is 29.7 Å². The Morgan fingerprint density at radius 1 is 1.58 bits per heavy atom. The normalized spacial score (nSPS) is 10.2. The van der Waals surface area contributed by atoms with Crippen LogP contribution in [0.3, 0.4) is 0 Å². The number of carbonyl (C=O) groups is 2. The van der Waals surface area contributed by atoms with Gasteiger partial charge in [0.2, 0.25) is 5.91 Å². The van der Waals surface area contributed by atoms with Crippen LogP contribution in [0.2, 0.25) is 0 Å². The molecule has 0 heterocycles. The Balaban J connectivity index is -0.000000405. The molecular formula is C5H12MnN2O3S. The summed E-state index contributed by atoms with van der Waals surface area (Å²) >= 11 is 3.73. The number of rotatable bonds is 3. The van der Waals surface area contributed by atoms with Crippen molar-refractivity contribution in [1.82, 2.24) is 11.5 Å². The second-order valence-electron chi connectivity index (χ2n) is 1.77. The Labute approximate surface area is 86.8 Å². The molecule has 0 aliphatic heterocycles. The van der Waals surface area contributed by atoms with Gasteiger partial charge in [0.1, 0.15) is 6.04 Å². The molecule has 5 nitrogen and oxygen atoms in total. The predicted octanol–water partition coefficient (Wildman–Crippen LogP) is -0.335. The van der Waals surface area contributed by atoms with Crippen LogP contribution in [0, 0.1) is 0 Å². The molecule has 1 atom stereocenters. The molecule has 0 aliphatic carbocycles. The molecule has 0 fully saturated rings. The van der Waals surface area contributed by atoms with Crippen molar-refractivity contribution in [2.45, 2.75) is 13.0 Å². The van der Waals surface area contributed by atoms with Crippen LogP contribution in [0.5, 0.6) is 0 Å². The number of carboxylic acid groups (broad SMARTS) is 1. The van der Waals surface area contributed by atoms with E-state index in [1.165, 1.54) is 6.92 Å². The van der Waals surface area contributed by atoms with Crippen LogP contribution in [-0.4, -0.2) is 28.8 Å². The molecule has 0 saturated carbocycles. The summed E-state index contributed by atoms with van der Waals surface area (Å²) in [5.74, 6) is -1.32. The smallest absolute Gasteiger partial charge is 0.327 e. The predicted molar refractivity (Wildman–Crippen MR) is 44.1 cm³/mol. The van der Waals surface area contributed by atoms with Gasteiger partial charge in [-0.05, 0) is 0 Å². The van der Waals surface area contributed by atoms with Crippen molar-refractivity contribution in [3.63, 3.8) is 0 Å². The maximum absolute atomic E-state index is 10.3. The average Bonchev–Trinajstić information content (AvgIpc) is 1.81. The van der Waals surface area contributed by atoms with Crippen LogP contribution in [0.4, 0.5) is 0 Å². The number of carbonyl (C=O) groups excluding carboxylic acids is 1. The molecule has 0 saturated heterocycles. The van der Waals surface area contributed by atoms with E-state index in [0.717, 1.165) is 0 Å². The number of amides is 1. The first-order chi connectivity index (χ1) is 4.57. The minimum absolute atomic E-state index is 0. The Morgan fingerprint density at radius 2 is 2.00 bits per heavy atom. The molecule has 0 bridgehead atoms. The van der Waals surface area contributed by atoms with Crippen molar-refractivity contribution >= 4 is 24.5 Å². The molecule has 0 rings (SSSR count). The first-order valence-corrected chi connectivity index (χ1v) is 3.32. The molecule has 73 valence electrons. The largest absolute Gasteiger partial charge is 0.480 e. The summed E-state index contributed by atoms with van der Waals surface area (Å²) < 4.78 is 0. The average molecular weight is 235 g/mol. The Hall–Kier alpha value is -0.231.